The maximum Gasteiger partial charge on any atom is 0.267 e. The minimum absolute atomic E-state index is 0.143. The van der Waals surface area contributed by atoms with Crippen LogP contribution in [-0.4, -0.2) is 9.78 Å². The molecule has 0 saturated carbocycles. The van der Waals surface area contributed by atoms with Gasteiger partial charge in [0.1, 0.15) is 0 Å². The highest BCUT2D eigenvalue weighted by Crippen LogP contribution is 2.19. The van der Waals surface area contributed by atoms with E-state index in [1.165, 1.54) is 10.7 Å². The Kier molecular flexibility index (Phi) is 2.92. The molecule has 1 aromatic carbocycles. The van der Waals surface area contributed by atoms with Crippen LogP contribution in [0.5, 0.6) is 0 Å². The zero-order chi connectivity index (χ0) is 11.5. The summed E-state index contributed by atoms with van der Waals surface area (Å²) in [6.07, 6.45) is 1.57. The Labute approximate surface area is 97.3 Å². The fraction of sp³-hybridized carbons (Fsp3) is 0.0909. The second-order valence-corrected chi connectivity index (χ2v) is 3.78. The van der Waals surface area contributed by atoms with Crippen LogP contribution in [0, 0.1) is 0 Å². The molecule has 2 N–H and O–H groups in total. The van der Waals surface area contributed by atoms with Crippen LogP contribution < -0.4 is 11.3 Å². The Morgan fingerprint density at radius 3 is 2.88 bits per heavy atom. The summed E-state index contributed by atoms with van der Waals surface area (Å²) in [5.74, 6) is 0. The first kappa shape index (κ1) is 10.7. The minimum Gasteiger partial charge on any atom is -0.398 e. The molecule has 0 unspecified atom stereocenters. The van der Waals surface area contributed by atoms with Crippen molar-refractivity contribution in [3.63, 3.8) is 0 Å². The number of anilines is 1. The number of benzene rings is 1. The highest BCUT2D eigenvalue weighted by Gasteiger charge is 2.01. The Bertz CT molecular complexity index is 565. The molecule has 0 aliphatic rings. The number of nitrogens with two attached hydrogens (primary N) is 1. The monoisotopic (exact) mass is 235 g/mol. The van der Waals surface area contributed by atoms with Crippen molar-refractivity contribution in [2.24, 2.45) is 0 Å². The van der Waals surface area contributed by atoms with E-state index >= 15 is 0 Å². The number of nitrogens with zero attached hydrogens (tertiary/aromatic N) is 2. The van der Waals surface area contributed by atoms with Crippen molar-refractivity contribution in [2.75, 3.05) is 5.73 Å². The van der Waals surface area contributed by atoms with Gasteiger partial charge in [-0.05, 0) is 23.8 Å². The molecule has 1 heterocycles. The number of nitrogen functional groups attached to an aromatic ring is 1. The van der Waals surface area contributed by atoms with Gasteiger partial charge < -0.3 is 5.73 Å². The van der Waals surface area contributed by atoms with Gasteiger partial charge in [-0.15, -0.1) is 0 Å². The summed E-state index contributed by atoms with van der Waals surface area (Å²) in [5, 5.41) is 4.47. The molecule has 0 saturated heterocycles. The molecular weight excluding hydrogens is 226 g/mol. The third-order valence-electron chi connectivity index (χ3n) is 2.18. The van der Waals surface area contributed by atoms with Gasteiger partial charge in [0.25, 0.3) is 5.56 Å². The molecule has 82 valence electrons. The van der Waals surface area contributed by atoms with Crippen LogP contribution in [-0.2, 0) is 6.54 Å². The predicted octanol–water partition coefficient (Wildman–Crippen LogP) is 1.53. The average molecular weight is 236 g/mol. The quantitative estimate of drug-likeness (QED) is 0.803. The molecule has 1 aromatic heterocycles. The first-order chi connectivity index (χ1) is 7.66. The molecule has 0 radical (unpaired) electrons. The largest absolute Gasteiger partial charge is 0.398 e. The predicted molar refractivity (Wildman–Crippen MR) is 63.5 cm³/mol. The summed E-state index contributed by atoms with van der Waals surface area (Å²) >= 11 is 5.81. The summed E-state index contributed by atoms with van der Waals surface area (Å²) in [5.41, 5.74) is 6.92. The fourth-order valence-corrected chi connectivity index (χ4v) is 1.49. The van der Waals surface area contributed by atoms with Gasteiger partial charge in [0.2, 0.25) is 0 Å². The smallest absolute Gasteiger partial charge is 0.267 e. The van der Waals surface area contributed by atoms with E-state index < -0.39 is 0 Å². The van der Waals surface area contributed by atoms with E-state index in [-0.39, 0.29) is 5.56 Å². The van der Waals surface area contributed by atoms with Crippen molar-refractivity contribution in [3.05, 3.63) is 57.5 Å². The molecule has 2 rings (SSSR count). The molecule has 0 atom stereocenters. The number of hydrogen-bond donors (Lipinski definition) is 1. The van der Waals surface area contributed by atoms with Gasteiger partial charge in [0.05, 0.1) is 17.3 Å². The Hall–Kier alpha value is -1.81. The molecule has 2 aromatic rings. The second kappa shape index (κ2) is 4.37. The summed E-state index contributed by atoms with van der Waals surface area (Å²) in [7, 11) is 0. The lowest BCUT2D eigenvalue weighted by Gasteiger charge is -2.05. The number of hydrogen-bond acceptors (Lipinski definition) is 3. The standard InChI is InChI=1S/C11H10ClN3O/c12-9-4-3-8(6-10(9)13)7-15-11(16)2-1-5-14-15/h1-6H,7,13H2. The minimum atomic E-state index is -0.143. The third kappa shape index (κ3) is 2.23. The normalized spacial score (nSPS) is 10.3. The van der Waals surface area contributed by atoms with Crippen LogP contribution in [0.2, 0.25) is 5.02 Å². The third-order valence-corrected chi connectivity index (χ3v) is 2.52. The van der Waals surface area contributed by atoms with E-state index in [0.29, 0.717) is 17.3 Å². The van der Waals surface area contributed by atoms with E-state index in [1.807, 2.05) is 6.07 Å². The fourth-order valence-electron chi connectivity index (χ4n) is 1.37. The lowest BCUT2D eigenvalue weighted by molar-refractivity contribution is 0.639. The Morgan fingerprint density at radius 2 is 2.19 bits per heavy atom. The van der Waals surface area contributed by atoms with Crippen LogP contribution in [0.4, 0.5) is 5.69 Å². The van der Waals surface area contributed by atoms with Crippen molar-refractivity contribution < 1.29 is 0 Å². The molecule has 0 aliphatic heterocycles. The number of halogens is 1. The molecular formula is C11H10ClN3O. The van der Waals surface area contributed by atoms with Crippen molar-refractivity contribution in [1.82, 2.24) is 9.78 Å². The molecule has 0 aliphatic carbocycles. The number of aromatic nitrogens is 2. The molecule has 0 amide bonds. The summed E-state index contributed by atoms with van der Waals surface area (Å²) in [6.45, 7) is 0.390. The lowest BCUT2D eigenvalue weighted by Crippen LogP contribution is -2.21. The second-order valence-electron chi connectivity index (χ2n) is 3.38. The van der Waals surface area contributed by atoms with Crippen LogP contribution in [0.1, 0.15) is 5.56 Å². The zero-order valence-electron chi connectivity index (χ0n) is 8.43. The SMILES string of the molecule is Nc1cc(Cn2ncccc2=O)ccc1Cl. The van der Waals surface area contributed by atoms with Gasteiger partial charge in [-0.25, -0.2) is 4.68 Å². The van der Waals surface area contributed by atoms with Gasteiger partial charge >= 0.3 is 0 Å². The maximum absolute atomic E-state index is 11.4. The summed E-state index contributed by atoms with van der Waals surface area (Å²) in [6, 6.07) is 8.34. The topological polar surface area (TPSA) is 60.9 Å². The Balaban J connectivity index is 2.31. The molecule has 5 heteroatoms. The summed E-state index contributed by atoms with van der Waals surface area (Å²) in [4.78, 5) is 11.4. The molecule has 0 spiro atoms. The molecule has 16 heavy (non-hydrogen) atoms. The molecule has 0 fully saturated rings. The zero-order valence-corrected chi connectivity index (χ0v) is 9.19. The van der Waals surface area contributed by atoms with E-state index in [9.17, 15) is 4.79 Å². The van der Waals surface area contributed by atoms with Crippen molar-refractivity contribution >= 4 is 17.3 Å². The van der Waals surface area contributed by atoms with Crippen molar-refractivity contribution in [2.45, 2.75) is 6.54 Å². The van der Waals surface area contributed by atoms with E-state index in [4.69, 9.17) is 17.3 Å². The van der Waals surface area contributed by atoms with Crippen LogP contribution in [0.3, 0.4) is 0 Å². The maximum atomic E-state index is 11.4. The first-order valence-corrected chi connectivity index (χ1v) is 5.10. The highest BCUT2D eigenvalue weighted by atomic mass is 35.5. The van der Waals surface area contributed by atoms with E-state index in [0.717, 1.165) is 5.56 Å². The van der Waals surface area contributed by atoms with Gasteiger partial charge in [-0.3, -0.25) is 4.79 Å². The van der Waals surface area contributed by atoms with Gasteiger partial charge in [-0.1, -0.05) is 17.7 Å². The van der Waals surface area contributed by atoms with Gasteiger partial charge in [0, 0.05) is 12.3 Å². The van der Waals surface area contributed by atoms with E-state index in [2.05, 4.69) is 5.10 Å². The Morgan fingerprint density at radius 1 is 1.38 bits per heavy atom. The van der Waals surface area contributed by atoms with Crippen molar-refractivity contribution in [1.29, 1.82) is 0 Å². The van der Waals surface area contributed by atoms with Crippen molar-refractivity contribution in [3.8, 4) is 0 Å². The first-order valence-electron chi connectivity index (χ1n) is 4.73. The summed E-state index contributed by atoms with van der Waals surface area (Å²) < 4.78 is 1.36. The van der Waals surface area contributed by atoms with Crippen LogP contribution >= 0.6 is 11.6 Å². The van der Waals surface area contributed by atoms with Gasteiger partial charge in [-0.2, -0.15) is 5.10 Å². The van der Waals surface area contributed by atoms with Gasteiger partial charge in [0.15, 0.2) is 0 Å². The average Bonchev–Trinajstić information content (AvgIpc) is 2.27. The molecule has 0 bridgehead atoms. The van der Waals surface area contributed by atoms with E-state index in [1.54, 1.807) is 24.4 Å². The highest BCUT2D eigenvalue weighted by molar-refractivity contribution is 6.33. The van der Waals surface area contributed by atoms with Crippen LogP contribution in [0.15, 0.2) is 41.3 Å². The molecule has 4 nitrogen and oxygen atoms in total. The lowest BCUT2D eigenvalue weighted by atomic mass is 10.2. The van der Waals surface area contributed by atoms with Crippen LogP contribution in [0.25, 0.3) is 0 Å². The number of rotatable bonds is 2.